The van der Waals surface area contributed by atoms with E-state index in [0.717, 1.165) is 30.0 Å². The number of aryl methyl sites for hydroxylation is 2. The molecular formula is C18H20F3N3O3S. The highest BCUT2D eigenvalue weighted by atomic mass is 32.2. The minimum absolute atomic E-state index is 0.103. The van der Waals surface area contributed by atoms with Gasteiger partial charge in [0.2, 0.25) is 15.9 Å². The van der Waals surface area contributed by atoms with Gasteiger partial charge in [0.15, 0.2) is 0 Å². The molecule has 10 heteroatoms. The maximum absolute atomic E-state index is 12.8. The minimum Gasteiger partial charge on any atom is -0.473 e. The first-order valence-corrected chi connectivity index (χ1v) is 10.2. The fraction of sp³-hybridized carbons (Fsp3) is 0.444. The average Bonchev–Trinajstić information content (AvgIpc) is 2.60. The predicted molar refractivity (Wildman–Crippen MR) is 95.4 cm³/mol. The number of rotatable bonds is 4. The fourth-order valence-corrected chi connectivity index (χ4v) is 4.61. The second-order valence-electron chi connectivity index (χ2n) is 6.66. The molecule has 0 bridgehead atoms. The summed E-state index contributed by atoms with van der Waals surface area (Å²) in [6.45, 7) is 3.93. The van der Waals surface area contributed by atoms with Crippen molar-refractivity contribution < 1.29 is 26.3 Å². The molecule has 2 aromatic rings. The van der Waals surface area contributed by atoms with Crippen LogP contribution in [0.4, 0.5) is 13.2 Å². The number of hydrogen-bond donors (Lipinski definition) is 0. The van der Waals surface area contributed by atoms with Gasteiger partial charge in [0.25, 0.3) is 0 Å². The third-order valence-electron chi connectivity index (χ3n) is 4.39. The smallest absolute Gasteiger partial charge is 0.416 e. The van der Waals surface area contributed by atoms with Crippen molar-refractivity contribution in [2.24, 2.45) is 0 Å². The van der Waals surface area contributed by atoms with Crippen LogP contribution in [0.3, 0.4) is 0 Å². The van der Waals surface area contributed by atoms with Crippen molar-refractivity contribution in [3.05, 3.63) is 47.4 Å². The van der Waals surface area contributed by atoms with E-state index >= 15 is 0 Å². The Hall–Kier alpha value is -2.20. The monoisotopic (exact) mass is 415 g/mol. The van der Waals surface area contributed by atoms with E-state index in [9.17, 15) is 21.6 Å². The quantitative estimate of drug-likeness (QED) is 0.766. The van der Waals surface area contributed by atoms with E-state index in [2.05, 4.69) is 9.97 Å². The molecule has 0 amide bonds. The first-order chi connectivity index (χ1) is 13.1. The summed E-state index contributed by atoms with van der Waals surface area (Å²) in [5.74, 6) is 0.934. The Labute approximate surface area is 161 Å². The Morgan fingerprint density at radius 3 is 2.43 bits per heavy atom. The molecule has 0 N–H and O–H groups in total. The van der Waals surface area contributed by atoms with Gasteiger partial charge in [0, 0.05) is 18.3 Å². The third kappa shape index (κ3) is 4.61. The van der Waals surface area contributed by atoms with Gasteiger partial charge >= 0.3 is 6.18 Å². The number of sulfonamides is 1. The number of hydrogen-bond acceptors (Lipinski definition) is 5. The molecule has 152 valence electrons. The maximum Gasteiger partial charge on any atom is 0.416 e. The van der Waals surface area contributed by atoms with Crippen LogP contribution in [-0.2, 0) is 16.2 Å². The first kappa shape index (κ1) is 20.5. The number of benzene rings is 1. The second-order valence-corrected chi connectivity index (χ2v) is 8.60. The second kappa shape index (κ2) is 7.67. The van der Waals surface area contributed by atoms with Crippen LogP contribution >= 0.6 is 0 Å². The Bertz CT molecular complexity index is 927. The summed E-state index contributed by atoms with van der Waals surface area (Å²) in [6.07, 6.45) is -3.68. The molecule has 6 nitrogen and oxygen atoms in total. The Balaban J connectivity index is 1.75. The zero-order valence-electron chi connectivity index (χ0n) is 15.4. The van der Waals surface area contributed by atoms with Gasteiger partial charge in [0.05, 0.1) is 17.0 Å². The molecule has 0 saturated carbocycles. The van der Waals surface area contributed by atoms with Crippen LogP contribution in [0.5, 0.6) is 5.88 Å². The summed E-state index contributed by atoms with van der Waals surface area (Å²) in [5.41, 5.74) is -0.145. The molecule has 0 aliphatic carbocycles. The number of halogens is 3. The van der Waals surface area contributed by atoms with E-state index in [4.69, 9.17) is 4.74 Å². The minimum atomic E-state index is -4.51. The number of piperidine rings is 1. The van der Waals surface area contributed by atoms with Gasteiger partial charge in [-0.3, -0.25) is 0 Å². The molecule has 0 spiro atoms. The zero-order chi connectivity index (χ0) is 20.5. The fourth-order valence-electron chi connectivity index (χ4n) is 3.10. The largest absolute Gasteiger partial charge is 0.473 e. The molecule has 1 aliphatic heterocycles. The number of alkyl halides is 3. The highest BCUT2D eigenvalue weighted by molar-refractivity contribution is 7.89. The van der Waals surface area contributed by atoms with Crippen molar-refractivity contribution in [3.8, 4) is 5.88 Å². The van der Waals surface area contributed by atoms with Crippen molar-refractivity contribution >= 4 is 10.0 Å². The van der Waals surface area contributed by atoms with Gasteiger partial charge in [-0.2, -0.15) is 22.5 Å². The van der Waals surface area contributed by atoms with E-state index in [1.54, 1.807) is 13.0 Å². The molecule has 28 heavy (non-hydrogen) atoms. The molecule has 1 fully saturated rings. The first-order valence-electron chi connectivity index (χ1n) is 8.72. The van der Waals surface area contributed by atoms with Gasteiger partial charge < -0.3 is 4.74 Å². The van der Waals surface area contributed by atoms with Gasteiger partial charge in [-0.05, 0) is 51.0 Å². The Kier molecular flexibility index (Phi) is 5.62. The average molecular weight is 415 g/mol. The lowest BCUT2D eigenvalue weighted by molar-refractivity contribution is -0.137. The van der Waals surface area contributed by atoms with Crippen molar-refractivity contribution in [1.29, 1.82) is 0 Å². The van der Waals surface area contributed by atoms with Crippen LogP contribution in [0.1, 0.15) is 29.9 Å². The lowest BCUT2D eigenvalue weighted by Crippen LogP contribution is -2.44. The van der Waals surface area contributed by atoms with Crippen molar-refractivity contribution in [2.45, 2.75) is 43.9 Å². The summed E-state index contributed by atoms with van der Waals surface area (Å²) < 4.78 is 70.8. The summed E-state index contributed by atoms with van der Waals surface area (Å²) in [5, 5.41) is 0. The molecular weight excluding hydrogens is 395 g/mol. The van der Waals surface area contributed by atoms with Gasteiger partial charge in [-0.25, -0.2) is 13.4 Å². The van der Waals surface area contributed by atoms with Crippen molar-refractivity contribution in [1.82, 2.24) is 14.3 Å². The number of ether oxygens (including phenoxy) is 1. The van der Waals surface area contributed by atoms with Crippen LogP contribution in [0.2, 0.25) is 0 Å². The topological polar surface area (TPSA) is 72.4 Å². The van der Waals surface area contributed by atoms with E-state index in [1.807, 2.05) is 6.92 Å². The highest BCUT2D eigenvalue weighted by Gasteiger charge is 2.33. The van der Waals surface area contributed by atoms with Crippen LogP contribution in [0, 0.1) is 13.8 Å². The Morgan fingerprint density at radius 1 is 1.14 bits per heavy atom. The summed E-state index contributed by atoms with van der Waals surface area (Å²) in [4.78, 5) is 8.19. The van der Waals surface area contributed by atoms with Gasteiger partial charge in [-0.15, -0.1) is 0 Å². The third-order valence-corrected chi connectivity index (χ3v) is 6.27. The SMILES string of the molecule is Cc1cc(O[C@@H]2CCCN(S(=O)(=O)c3ccc(C(F)(F)F)cc3)C2)nc(C)n1. The lowest BCUT2D eigenvalue weighted by Gasteiger charge is -2.32. The lowest BCUT2D eigenvalue weighted by atomic mass is 10.1. The van der Waals surface area contributed by atoms with E-state index in [0.29, 0.717) is 24.5 Å². The normalized spacial score (nSPS) is 18.8. The standard InChI is InChI=1S/C18H20F3N3O3S/c1-12-10-17(23-13(2)22-12)27-15-4-3-9-24(11-15)28(25,26)16-7-5-14(6-8-16)18(19,20)21/h5-8,10,15H,3-4,9,11H2,1-2H3/t15-/m1/s1. The molecule has 0 radical (unpaired) electrons. The predicted octanol–water partition coefficient (Wildman–Crippen LogP) is 3.34. The van der Waals surface area contributed by atoms with E-state index < -0.39 is 27.9 Å². The summed E-state index contributed by atoms with van der Waals surface area (Å²) in [7, 11) is -3.91. The summed E-state index contributed by atoms with van der Waals surface area (Å²) >= 11 is 0. The van der Waals surface area contributed by atoms with Gasteiger partial charge in [-0.1, -0.05) is 0 Å². The maximum atomic E-state index is 12.8. The Morgan fingerprint density at radius 2 is 1.82 bits per heavy atom. The molecule has 1 saturated heterocycles. The molecule has 2 heterocycles. The van der Waals surface area contributed by atoms with E-state index in [1.165, 1.54) is 4.31 Å². The van der Waals surface area contributed by atoms with Crippen LogP contribution < -0.4 is 4.74 Å². The van der Waals surface area contributed by atoms with Crippen LogP contribution in [0.15, 0.2) is 35.2 Å². The van der Waals surface area contributed by atoms with Crippen molar-refractivity contribution in [3.63, 3.8) is 0 Å². The number of nitrogens with zero attached hydrogens (tertiary/aromatic N) is 3. The molecule has 1 aromatic carbocycles. The zero-order valence-corrected chi connectivity index (χ0v) is 16.2. The van der Waals surface area contributed by atoms with E-state index in [-0.39, 0.29) is 18.0 Å². The molecule has 1 atom stereocenters. The molecule has 0 unspecified atom stereocenters. The molecule has 1 aromatic heterocycles. The highest BCUT2D eigenvalue weighted by Crippen LogP contribution is 2.30. The number of aromatic nitrogens is 2. The van der Waals surface area contributed by atoms with Crippen molar-refractivity contribution in [2.75, 3.05) is 13.1 Å². The van der Waals surface area contributed by atoms with Crippen LogP contribution in [-0.4, -0.2) is 41.9 Å². The molecule has 3 rings (SSSR count). The van der Waals surface area contributed by atoms with Gasteiger partial charge in [0.1, 0.15) is 11.9 Å². The van der Waals surface area contributed by atoms with Crippen LogP contribution in [0.25, 0.3) is 0 Å². The molecule has 1 aliphatic rings. The summed E-state index contributed by atoms with van der Waals surface area (Å²) in [6, 6.07) is 5.20.